The Morgan fingerprint density at radius 1 is 0.895 bits per heavy atom. The smallest absolute Gasteiger partial charge is 0.0429 e. The summed E-state index contributed by atoms with van der Waals surface area (Å²) in [6.07, 6.45) is 4.34. The Hall–Kier alpha value is -0.340. The molecule has 4 rings (SSSR count). The van der Waals surface area contributed by atoms with Crippen LogP contribution in [0.2, 0.25) is 0 Å². The van der Waals surface area contributed by atoms with Crippen molar-refractivity contribution in [3.05, 3.63) is 46.4 Å². The largest absolute Gasteiger partial charge is 0.0836 e. The van der Waals surface area contributed by atoms with E-state index in [1.807, 2.05) is 0 Å². The van der Waals surface area contributed by atoms with Crippen molar-refractivity contribution in [2.45, 2.75) is 24.1 Å². The van der Waals surface area contributed by atoms with E-state index >= 15 is 0 Å². The minimum atomic E-state index is 0.512. The lowest BCUT2D eigenvalue weighted by Gasteiger charge is -2.21. The van der Waals surface area contributed by atoms with E-state index in [-0.39, 0.29) is 0 Å². The zero-order valence-corrected chi connectivity index (χ0v) is 13.8. The van der Waals surface area contributed by atoms with Crippen molar-refractivity contribution in [3.63, 3.8) is 0 Å². The summed E-state index contributed by atoms with van der Waals surface area (Å²) >= 11 is 7.66. The minimum Gasteiger partial charge on any atom is -0.0836 e. The van der Waals surface area contributed by atoms with E-state index in [1.54, 1.807) is 0 Å². The molecule has 3 unspecified atom stereocenters. The molecule has 98 valence electrons. The molecule has 2 saturated carbocycles. The molecule has 2 aromatic rings. The molecule has 0 amide bonds. The number of fused-ring (bicyclic) bond motifs is 2. The Balaban J connectivity index is 1.76. The topological polar surface area (TPSA) is 0 Å². The lowest BCUT2D eigenvalue weighted by Crippen LogP contribution is -2.06. The zero-order chi connectivity index (χ0) is 13.0. The summed E-state index contributed by atoms with van der Waals surface area (Å²) in [4.78, 5) is 0.512. The van der Waals surface area contributed by atoms with Gasteiger partial charge < -0.3 is 0 Å². The summed E-state index contributed by atoms with van der Waals surface area (Å²) in [6, 6.07) is 13.2. The van der Waals surface area contributed by atoms with E-state index in [4.69, 9.17) is 0 Å². The highest BCUT2D eigenvalue weighted by Gasteiger charge is 2.47. The van der Waals surface area contributed by atoms with Gasteiger partial charge in [0.25, 0.3) is 0 Å². The second-order valence-electron chi connectivity index (χ2n) is 6.07. The third kappa shape index (κ3) is 2.08. The lowest BCUT2D eigenvalue weighted by atomic mass is 9.91. The highest BCUT2D eigenvalue weighted by Crippen LogP contribution is 2.59. The average molecular weight is 380 g/mol. The van der Waals surface area contributed by atoms with Crippen LogP contribution in [0.1, 0.15) is 29.7 Å². The van der Waals surface area contributed by atoms with Gasteiger partial charge in [-0.15, -0.1) is 0 Å². The van der Waals surface area contributed by atoms with Crippen LogP contribution in [0.15, 0.2) is 40.9 Å². The van der Waals surface area contributed by atoms with Crippen molar-refractivity contribution >= 4 is 42.6 Å². The minimum absolute atomic E-state index is 0.512. The van der Waals surface area contributed by atoms with Crippen molar-refractivity contribution in [2.75, 3.05) is 0 Å². The first kappa shape index (κ1) is 12.4. The number of hydrogen-bond donors (Lipinski definition) is 0. The Bertz CT molecular complexity index is 624. The van der Waals surface area contributed by atoms with Gasteiger partial charge >= 0.3 is 0 Å². The van der Waals surface area contributed by atoms with Gasteiger partial charge in [0.2, 0.25) is 0 Å². The monoisotopic (exact) mass is 378 g/mol. The van der Waals surface area contributed by atoms with Crippen LogP contribution in [0.3, 0.4) is 0 Å². The summed E-state index contributed by atoms with van der Waals surface area (Å²) < 4.78 is 1.20. The Kier molecular flexibility index (Phi) is 3.00. The quantitative estimate of drug-likeness (QED) is 0.554. The molecule has 19 heavy (non-hydrogen) atoms. The van der Waals surface area contributed by atoms with Crippen molar-refractivity contribution in [3.8, 4) is 0 Å². The van der Waals surface area contributed by atoms with Crippen molar-refractivity contribution in [1.82, 2.24) is 0 Å². The van der Waals surface area contributed by atoms with Gasteiger partial charge in [-0.2, -0.15) is 0 Å². The van der Waals surface area contributed by atoms with Crippen molar-refractivity contribution < 1.29 is 0 Å². The fraction of sp³-hybridized carbons (Fsp3) is 0.412. The number of benzene rings is 2. The summed E-state index contributed by atoms with van der Waals surface area (Å²) in [5.41, 5.74) is 1.46. The number of alkyl halides is 1. The second-order valence-corrected chi connectivity index (χ2v) is 7.91. The second kappa shape index (κ2) is 4.60. The van der Waals surface area contributed by atoms with Gasteiger partial charge in [-0.3, -0.25) is 0 Å². The van der Waals surface area contributed by atoms with Gasteiger partial charge in [-0.05, 0) is 59.4 Å². The van der Waals surface area contributed by atoms with Crippen molar-refractivity contribution in [1.29, 1.82) is 0 Å². The molecular weight excluding hydrogens is 364 g/mol. The van der Waals surface area contributed by atoms with Crippen molar-refractivity contribution in [2.24, 2.45) is 17.8 Å². The molecular formula is C17H16Br2. The molecule has 0 heterocycles. The maximum absolute atomic E-state index is 3.99. The first-order valence-corrected chi connectivity index (χ1v) is 8.76. The van der Waals surface area contributed by atoms with Crippen LogP contribution >= 0.6 is 31.9 Å². The van der Waals surface area contributed by atoms with Crippen LogP contribution in [0.5, 0.6) is 0 Å². The molecule has 0 N–H and O–H groups in total. The molecule has 0 aliphatic heterocycles. The lowest BCUT2D eigenvalue weighted by molar-refractivity contribution is 0.483. The summed E-state index contributed by atoms with van der Waals surface area (Å²) in [5, 5.41) is 2.71. The fourth-order valence-electron chi connectivity index (χ4n) is 3.78. The van der Waals surface area contributed by atoms with Gasteiger partial charge in [0.15, 0.2) is 0 Å². The molecule has 2 aromatic carbocycles. The maximum atomic E-state index is 3.99. The molecule has 0 spiro atoms. The van der Waals surface area contributed by atoms with E-state index in [2.05, 4.69) is 68.3 Å². The average Bonchev–Trinajstić information content (AvgIpc) is 3.05. The third-order valence-corrected chi connectivity index (χ3v) is 6.83. The third-order valence-electron chi connectivity index (χ3n) is 4.90. The Morgan fingerprint density at radius 2 is 1.58 bits per heavy atom. The SMILES string of the molecule is Brc1ccc(C(Br)C2CC3CC3C2)c2ccccc12. The molecule has 2 aliphatic carbocycles. The van der Waals surface area contributed by atoms with Crippen LogP contribution in [-0.4, -0.2) is 0 Å². The Morgan fingerprint density at radius 3 is 2.32 bits per heavy atom. The highest BCUT2D eigenvalue weighted by atomic mass is 79.9. The number of rotatable bonds is 2. The molecule has 3 atom stereocenters. The standard InChI is InChI=1S/C17H16Br2/c18-16-6-5-15(13-3-1-2-4-14(13)16)17(19)12-8-10-7-11(10)9-12/h1-6,10-12,17H,7-9H2. The predicted octanol–water partition coefficient (Wildman–Crippen LogP) is 6.08. The van der Waals surface area contributed by atoms with Gasteiger partial charge in [-0.1, -0.05) is 62.2 Å². The molecule has 2 fully saturated rings. The first-order chi connectivity index (χ1) is 9.24. The van der Waals surface area contributed by atoms with Crippen LogP contribution in [0.25, 0.3) is 10.8 Å². The van der Waals surface area contributed by atoms with Gasteiger partial charge in [-0.25, -0.2) is 0 Å². The highest BCUT2D eigenvalue weighted by molar-refractivity contribution is 9.10. The molecule has 0 saturated heterocycles. The molecule has 0 aromatic heterocycles. The van der Waals surface area contributed by atoms with Gasteiger partial charge in [0.1, 0.15) is 0 Å². The normalized spacial score (nSPS) is 30.3. The molecule has 2 aliphatic rings. The summed E-state index contributed by atoms with van der Waals surface area (Å²) in [5.74, 6) is 2.92. The van der Waals surface area contributed by atoms with Crippen LogP contribution in [0, 0.1) is 17.8 Å². The summed E-state index contributed by atoms with van der Waals surface area (Å²) in [7, 11) is 0. The fourth-order valence-corrected chi connectivity index (χ4v) is 5.09. The van der Waals surface area contributed by atoms with Crippen LogP contribution in [0.4, 0.5) is 0 Å². The first-order valence-electron chi connectivity index (χ1n) is 7.05. The molecule has 0 bridgehead atoms. The number of halogens is 2. The van der Waals surface area contributed by atoms with Crippen LogP contribution < -0.4 is 0 Å². The van der Waals surface area contributed by atoms with Gasteiger partial charge in [0, 0.05) is 9.30 Å². The number of hydrogen-bond acceptors (Lipinski definition) is 0. The maximum Gasteiger partial charge on any atom is 0.0429 e. The van der Waals surface area contributed by atoms with E-state index in [0.29, 0.717) is 4.83 Å². The predicted molar refractivity (Wildman–Crippen MR) is 87.6 cm³/mol. The van der Waals surface area contributed by atoms with Gasteiger partial charge in [0.05, 0.1) is 0 Å². The van der Waals surface area contributed by atoms with E-state index < -0.39 is 0 Å². The molecule has 2 heteroatoms. The van der Waals surface area contributed by atoms with Crippen LogP contribution in [-0.2, 0) is 0 Å². The Labute approximate surface area is 130 Å². The summed E-state index contributed by atoms with van der Waals surface area (Å²) in [6.45, 7) is 0. The molecule has 0 radical (unpaired) electrons. The van der Waals surface area contributed by atoms with E-state index in [0.717, 1.165) is 17.8 Å². The van der Waals surface area contributed by atoms with E-state index in [9.17, 15) is 0 Å². The zero-order valence-electron chi connectivity index (χ0n) is 10.7. The molecule has 0 nitrogen and oxygen atoms in total. The van der Waals surface area contributed by atoms with E-state index in [1.165, 1.54) is 40.1 Å².